The number of carbonyl (C=O) groups is 3. The minimum absolute atomic E-state index is 0.197. The molecule has 0 saturated carbocycles. The Kier molecular flexibility index (Phi) is 11.6. The third-order valence-electron chi connectivity index (χ3n) is 4.19. The van der Waals surface area contributed by atoms with Crippen molar-refractivity contribution in [2.75, 3.05) is 55.8 Å². The first-order chi connectivity index (χ1) is 14.8. The molecule has 1 saturated heterocycles. The molecule has 0 atom stereocenters. The van der Waals surface area contributed by atoms with Crippen LogP contribution >= 0.6 is 0 Å². The highest BCUT2D eigenvalue weighted by molar-refractivity contribution is 5.89. The van der Waals surface area contributed by atoms with Crippen LogP contribution in [-0.2, 0) is 30.3 Å². The van der Waals surface area contributed by atoms with Gasteiger partial charge in [-0.25, -0.2) is 14.6 Å². The van der Waals surface area contributed by atoms with Gasteiger partial charge in [-0.1, -0.05) is 0 Å². The Bertz CT molecular complexity index is 744. The molecular weight excluding hydrogens is 408 g/mol. The topological polar surface area (TPSA) is 142 Å². The van der Waals surface area contributed by atoms with Crippen LogP contribution in [0, 0.1) is 0 Å². The third-order valence-corrected chi connectivity index (χ3v) is 4.19. The predicted octanol–water partition coefficient (Wildman–Crippen LogP) is 0.977. The first-order valence-corrected chi connectivity index (χ1v) is 10.0. The van der Waals surface area contributed by atoms with E-state index in [4.69, 9.17) is 24.7 Å². The van der Waals surface area contributed by atoms with E-state index in [9.17, 15) is 14.4 Å². The molecule has 1 aliphatic heterocycles. The second-order valence-electron chi connectivity index (χ2n) is 6.28. The molecule has 2 N–H and O–H groups in total. The van der Waals surface area contributed by atoms with Crippen LogP contribution in [0.25, 0.3) is 0 Å². The minimum atomic E-state index is -1.26. The van der Waals surface area contributed by atoms with E-state index in [1.165, 1.54) is 0 Å². The Hall–Kier alpha value is -3.21. The SMILES string of the molecule is CCOC(=O)Cc1cnc(N2CCOCC2)nc1N(CC)CC.O=C(O)/C=C/C(=O)O. The van der Waals surface area contributed by atoms with Crippen LogP contribution in [0.5, 0.6) is 0 Å². The lowest BCUT2D eigenvalue weighted by molar-refractivity contribution is -0.142. The summed E-state index contributed by atoms with van der Waals surface area (Å²) in [4.78, 5) is 44.4. The minimum Gasteiger partial charge on any atom is -0.478 e. The van der Waals surface area contributed by atoms with Crippen LogP contribution in [0.3, 0.4) is 0 Å². The lowest BCUT2D eigenvalue weighted by Crippen LogP contribution is -2.38. The molecule has 2 heterocycles. The number of nitrogens with zero attached hydrogens (tertiary/aromatic N) is 4. The molecule has 0 aliphatic carbocycles. The summed E-state index contributed by atoms with van der Waals surface area (Å²) in [6.07, 6.45) is 3.07. The van der Waals surface area contributed by atoms with E-state index in [-0.39, 0.29) is 12.4 Å². The quantitative estimate of drug-likeness (QED) is 0.421. The lowest BCUT2D eigenvalue weighted by atomic mass is 10.2. The smallest absolute Gasteiger partial charge is 0.328 e. The number of aliphatic carboxylic acids is 2. The van der Waals surface area contributed by atoms with Crippen LogP contribution in [0.2, 0.25) is 0 Å². The Labute approximate surface area is 181 Å². The fourth-order valence-corrected chi connectivity index (χ4v) is 2.74. The fourth-order valence-electron chi connectivity index (χ4n) is 2.74. The van der Waals surface area contributed by atoms with Crippen LogP contribution < -0.4 is 9.80 Å². The Morgan fingerprint density at radius 2 is 1.71 bits per heavy atom. The molecule has 0 spiro atoms. The first-order valence-electron chi connectivity index (χ1n) is 10.0. The van der Waals surface area contributed by atoms with E-state index < -0.39 is 11.9 Å². The third kappa shape index (κ3) is 9.43. The van der Waals surface area contributed by atoms with Gasteiger partial charge in [0.25, 0.3) is 0 Å². The number of carbonyl (C=O) groups excluding carboxylic acids is 1. The summed E-state index contributed by atoms with van der Waals surface area (Å²) in [5.41, 5.74) is 0.809. The zero-order valence-electron chi connectivity index (χ0n) is 18.1. The normalized spacial score (nSPS) is 13.3. The maximum Gasteiger partial charge on any atom is 0.328 e. The molecule has 0 unspecified atom stereocenters. The van der Waals surface area contributed by atoms with Gasteiger partial charge in [-0.15, -0.1) is 0 Å². The molecule has 0 amide bonds. The molecule has 1 fully saturated rings. The summed E-state index contributed by atoms with van der Waals surface area (Å²) in [5, 5.41) is 15.6. The number of hydrogen-bond donors (Lipinski definition) is 2. The van der Waals surface area contributed by atoms with Crippen molar-refractivity contribution in [1.82, 2.24) is 9.97 Å². The van der Waals surface area contributed by atoms with Gasteiger partial charge in [-0.2, -0.15) is 4.98 Å². The highest BCUT2D eigenvalue weighted by atomic mass is 16.5. The summed E-state index contributed by atoms with van der Waals surface area (Å²) in [6, 6.07) is 0. The van der Waals surface area contributed by atoms with Crippen LogP contribution in [0.1, 0.15) is 26.3 Å². The average Bonchev–Trinajstić information content (AvgIpc) is 2.75. The number of rotatable bonds is 9. The van der Waals surface area contributed by atoms with Crippen molar-refractivity contribution in [1.29, 1.82) is 0 Å². The maximum absolute atomic E-state index is 11.8. The molecule has 172 valence electrons. The van der Waals surface area contributed by atoms with Crippen LogP contribution in [-0.4, -0.2) is 84.1 Å². The average molecular weight is 438 g/mol. The van der Waals surface area contributed by atoms with Gasteiger partial charge in [0.1, 0.15) is 5.82 Å². The van der Waals surface area contributed by atoms with E-state index >= 15 is 0 Å². The fraction of sp³-hybridized carbons (Fsp3) is 0.550. The summed E-state index contributed by atoms with van der Waals surface area (Å²) in [7, 11) is 0. The molecule has 0 aromatic carbocycles. The number of aromatic nitrogens is 2. The van der Waals surface area contributed by atoms with Crippen molar-refractivity contribution >= 4 is 29.7 Å². The number of carboxylic acids is 2. The first kappa shape index (κ1) is 25.8. The van der Waals surface area contributed by atoms with Gasteiger partial charge in [-0.05, 0) is 20.8 Å². The number of anilines is 2. The number of hydrogen-bond acceptors (Lipinski definition) is 9. The maximum atomic E-state index is 11.8. The van der Waals surface area contributed by atoms with Crippen molar-refractivity contribution in [3.05, 3.63) is 23.9 Å². The number of morpholine rings is 1. The summed E-state index contributed by atoms with van der Waals surface area (Å²) >= 11 is 0. The molecule has 2 rings (SSSR count). The van der Waals surface area contributed by atoms with Crippen molar-refractivity contribution in [2.45, 2.75) is 27.2 Å². The number of carboxylic acid groups (broad SMARTS) is 2. The van der Waals surface area contributed by atoms with Crippen molar-refractivity contribution in [2.24, 2.45) is 0 Å². The Morgan fingerprint density at radius 1 is 1.13 bits per heavy atom. The molecule has 1 aliphatic rings. The van der Waals surface area contributed by atoms with Crippen molar-refractivity contribution < 1.29 is 34.1 Å². The van der Waals surface area contributed by atoms with Crippen molar-refractivity contribution in [3.63, 3.8) is 0 Å². The van der Waals surface area contributed by atoms with Gasteiger partial charge in [0.2, 0.25) is 5.95 Å². The summed E-state index contributed by atoms with van der Waals surface area (Å²) < 4.78 is 10.4. The molecular formula is C20H30N4O7. The monoisotopic (exact) mass is 438 g/mol. The van der Waals surface area contributed by atoms with E-state index in [1.54, 1.807) is 13.1 Å². The molecule has 31 heavy (non-hydrogen) atoms. The van der Waals surface area contributed by atoms with Crippen LogP contribution in [0.4, 0.5) is 11.8 Å². The lowest BCUT2D eigenvalue weighted by Gasteiger charge is -2.29. The highest BCUT2D eigenvalue weighted by Gasteiger charge is 2.19. The van der Waals surface area contributed by atoms with Crippen LogP contribution in [0.15, 0.2) is 18.3 Å². The van der Waals surface area contributed by atoms with E-state index in [0.29, 0.717) is 37.9 Å². The molecule has 1 aromatic rings. The van der Waals surface area contributed by atoms with Gasteiger partial charge in [0.15, 0.2) is 0 Å². The second kappa shape index (κ2) is 13.9. The zero-order valence-corrected chi connectivity index (χ0v) is 18.1. The Balaban J connectivity index is 0.000000512. The molecule has 11 nitrogen and oxygen atoms in total. The standard InChI is InChI=1S/C16H26N4O3.C4H4O4/c1-4-19(5-2)15-13(11-14(21)23-6-3)12-17-16(18-15)20-7-9-22-10-8-20;5-3(6)1-2-4(7)8/h12H,4-11H2,1-3H3;1-2H,(H,5,6)(H,7,8)/b;2-1+. The van der Waals surface area contributed by atoms with E-state index in [1.807, 2.05) is 0 Å². The second-order valence-corrected chi connectivity index (χ2v) is 6.28. The number of esters is 1. The zero-order chi connectivity index (χ0) is 23.2. The molecule has 1 aromatic heterocycles. The Morgan fingerprint density at radius 3 is 2.19 bits per heavy atom. The predicted molar refractivity (Wildman–Crippen MR) is 113 cm³/mol. The van der Waals surface area contributed by atoms with Gasteiger partial charge < -0.3 is 29.5 Å². The van der Waals surface area contributed by atoms with Gasteiger partial charge >= 0.3 is 17.9 Å². The van der Waals surface area contributed by atoms with E-state index in [2.05, 4.69) is 28.6 Å². The molecule has 0 radical (unpaired) electrons. The van der Waals surface area contributed by atoms with Gasteiger partial charge in [0, 0.05) is 50.1 Å². The largest absolute Gasteiger partial charge is 0.478 e. The van der Waals surface area contributed by atoms with Crippen molar-refractivity contribution in [3.8, 4) is 0 Å². The summed E-state index contributed by atoms with van der Waals surface area (Å²) in [5.74, 6) is -1.24. The van der Waals surface area contributed by atoms with E-state index in [0.717, 1.165) is 37.6 Å². The highest BCUT2D eigenvalue weighted by Crippen LogP contribution is 2.22. The summed E-state index contributed by atoms with van der Waals surface area (Å²) in [6.45, 7) is 10.9. The molecule has 11 heteroatoms. The van der Waals surface area contributed by atoms with Gasteiger partial charge in [-0.3, -0.25) is 4.79 Å². The number of ether oxygens (including phenoxy) is 2. The van der Waals surface area contributed by atoms with Gasteiger partial charge in [0.05, 0.1) is 26.2 Å². The molecule has 0 bridgehead atoms.